The summed E-state index contributed by atoms with van der Waals surface area (Å²) in [4.78, 5) is 11.8. The molecule has 1 heterocycles. The van der Waals surface area contributed by atoms with E-state index in [1.807, 2.05) is 0 Å². The Morgan fingerprint density at radius 2 is 2.35 bits per heavy atom. The third-order valence-electron chi connectivity index (χ3n) is 2.79. The lowest BCUT2D eigenvalue weighted by Crippen LogP contribution is -2.29. The number of nitrogens with one attached hydrogen (secondary N) is 1. The van der Waals surface area contributed by atoms with Crippen molar-refractivity contribution < 1.29 is 13.9 Å². The number of benzene rings is 1. The Morgan fingerprint density at radius 1 is 1.55 bits per heavy atom. The number of carbonyl (C=O) groups excluding carboxylic acids is 1. The van der Waals surface area contributed by atoms with Crippen LogP contribution in [0.4, 0.5) is 4.39 Å². The van der Waals surface area contributed by atoms with Crippen LogP contribution in [0.1, 0.15) is 22.2 Å². The van der Waals surface area contributed by atoms with E-state index in [2.05, 4.69) is 15.6 Å². The van der Waals surface area contributed by atoms with Crippen LogP contribution in [0, 0.1) is 5.82 Å². The maximum absolute atomic E-state index is 13.2. The first-order valence-electron chi connectivity index (χ1n) is 6.03. The van der Waals surface area contributed by atoms with Crippen molar-refractivity contribution >= 4 is 5.91 Å². The van der Waals surface area contributed by atoms with Crippen LogP contribution in [0.5, 0.6) is 0 Å². The Hall–Kier alpha value is -2.28. The van der Waals surface area contributed by atoms with Crippen LogP contribution in [0.3, 0.4) is 0 Å². The largest absolute Gasteiger partial charge is 0.375 e. The van der Waals surface area contributed by atoms with E-state index in [0.717, 1.165) is 0 Å². The molecule has 1 N–H and O–H groups in total. The molecule has 0 aliphatic heterocycles. The highest BCUT2D eigenvalue weighted by atomic mass is 19.1. The Morgan fingerprint density at radius 3 is 2.95 bits per heavy atom. The Labute approximate surface area is 115 Å². The average Bonchev–Trinajstić information content (AvgIpc) is 2.86. The fraction of sp³-hybridized carbons (Fsp3) is 0.308. The summed E-state index contributed by atoms with van der Waals surface area (Å²) < 4.78 is 19.9. The van der Waals surface area contributed by atoms with E-state index in [9.17, 15) is 9.18 Å². The topological polar surface area (TPSA) is 69.0 Å². The zero-order valence-electron chi connectivity index (χ0n) is 11.2. The van der Waals surface area contributed by atoms with Crippen LogP contribution in [0.2, 0.25) is 0 Å². The zero-order chi connectivity index (χ0) is 14.5. The smallest absolute Gasteiger partial charge is 0.273 e. The number of nitrogens with zero attached hydrogens (tertiary/aromatic N) is 3. The van der Waals surface area contributed by atoms with Crippen LogP contribution in [0.25, 0.3) is 0 Å². The lowest BCUT2D eigenvalue weighted by molar-refractivity contribution is 0.0823. The Kier molecular flexibility index (Phi) is 4.41. The van der Waals surface area contributed by atoms with Crippen molar-refractivity contribution in [3.63, 3.8) is 0 Å². The van der Waals surface area contributed by atoms with Gasteiger partial charge in [-0.3, -0.25) is 9.48 Å². The molecule has 0 aliphatic carbocycles. The van der Waals surface area contributed by atoms with Gasteiger partial charge in [-0.2, -0.15) is 0 Å². The molecule has 106 valence electrons. The summed E-state index contributed by atoms with van der Waals surface area (Å²) in [6, 6.07) is 6.07. The summed E-state index contributed by atoms with van der Waals surface area (Å²) in [5.41, 5.74) is 0.883. The van der Waals surface area contributed by atoms with E-state index in [1.165, 1.54) is 30.1 Å². The number of aromatic nitrogens is 3. The van der Waals surface area contributed by atoms with E-state index < -0.39 is 6.10 Å². The van der Waals surface area contributed by atoms with Gasteiger partial charge < -0.3 is 10.1 Å². The van der Waals surface area contributed by atoms with Gasteiger partial charge in [-0.15, -0.1) is 5.10 Å². The molecule has 0 aliphatic rings. The van der Waals surface area contributed by atoms with E-state index in [0.29, 0.717) is 5.56 Å². The second kappa shape index (κ2) is 6.25. The minimum Gasteiger partial charge on any atom is -0.375 e. The number of halogens is 1. The maximum atomic E-state index is 13.2. The van der Waals surface area contributed by atoms with Gasteiger partial charge in [0.1, 0.15) is 5.82 Å². The van der Waals surface area contributed by atoms with Gasteiger partial charge in [-0.25, -0.2) is 4.39 Å². The predicted octanol–water partition coefficient (Wildman–Crippen LogP) is 1.07. The summed E-state index contributed by atoms with van der Waals surface area (Å²) in [5, 5.41) is 10.1. The van der Waals surface area contributed by atoms with Gasteiger partial charge in [0.05, 0.1) is 12.3 Å². The molecule has 0 bridgehead atoms. The molecule has 0 radical (unpaired) electrons. The summed E-state index contributed by atoms with van der Waals surface area (Å²) in [6.07, 6.45) is 1.09. The number of aryl methyl sites for hydroxylation is 1. The first-order valence-corrected chi connectivity index (χ1v) is 6.03. The SMILES string of the molecule is COC(CNC(=O)c1cn(C)nn1)c1cccc(F)c1. The van der Waals surface area contributed by atoms with E-state index in [-0.39, 0.29) is 24.0 Å². The van der Waals surface area contributed by atoms with Gasteiger partial charge in [0, 0.05) is 20.7 Å². The third-order valence-corrected chi connectivity index (χ3v) is 2.79. The second-order valence-electron chi connectivity index (χ2n) is 4.27. The minimum atomic E-state index is -0.425. The van der Waals surface area contributed by atoms with Crippen LogP contribution in [-0.4, -0.2) is 34.6 Å². The molecule has 0 saturated heterocycles. The number of carbonyl (C=O) groups is 1. The molecule has 0 fully saturated rings. The zero-order valence-corrected chi connectivity index (χ0v) is 11.2. The number of amides is 1. The number of methoxy groups -OCH3 is 1. The highest BCUT2D eigenvalue weighted by molar-refractivity contribution is 5.91. The summed E-state index contributed by atoms with van der Waals surface area (Å²) in [6.45, 7) is 0.218. The first kappa shape index (κ1) is 14.1. The van der Waals surface area contributed by atoms with Gasteiger partial charge in [0.2, 0.25) is 0 Å². The maximum Gasteiger partial charge on any atom is 0.273 e. The van der Waals surface area contributed by atoms with Gasteiger partial charge in [-0.05, 0) is 17.7 Å². The molecule has 1 atom stereocenters. The van der Waals surface area contributed by atoms with Crippen LogP contribution < -0.4 is 5.32 Å². The predicted molar refractivity (Wildman–Crippen MR) is 69.5 cm³/mol. The van der Waals surface area contributed by atoms with E-state index in [1.54, 1.807) is 19.2 Å². The quantitative estimate of drug-likeness (QED) is 0.888. The summed E-state index contributed by atoms with van der Waals surface area (Å²) in [5.74, 6) is -0.693. The average molecular weight is 278 g/mol. The van der Waals surface area contributed by atoms with E-state index >= 15 is 0 Å². The second-order valence-corrected chi connectivity index (χ2v) is 4.27. The lowest BCUT2D eigenvalue weighted by atomic mass is 10.1. The van der Waals surface area contributed by atoms with Crippen molar-refractivity contribution in [2.45, 2.75) is 6.10 Å². The molecular formula is C13H15FN4O2. The van der Waals surface area contributed by atoms with Crippen molar-refractivity contribution in [3.05, 3.63) is 47.5 Å². The van der Waals surface area contributed by atoms with Gasteiger partial charge >= 0.3 is 0 Å². The van der Waals surface area contributed by atoms with Gasteiger partial charge in [-0.1, -0.05) is 17.3 Å². The summed E-state index contributed by atoms with van der Waals surface area (Å²) >= 11 is 0. The van der Waals surface area contributed by atoms with E-state index in [4.69, 9.17) is 4.74 Å². The van der Waals surface area contributed by atoms with Crippen molar-refractivity contribution in [2.24, 2.45) is 7.05 Å². The van der Waals surface area contributed by atoms with Crippen LogP contribution >= 0.6 is 0 Å². The molecule has 1 aromatic carbocycles. The molecule has 20 heavy (non-hydrogen) atoms. The molecule has 7 heteroatoms. The van der Waals surface area contributed by atoms with Crippen molar-refractivity contribution in [2.75, 3.05) is 13.7 Å². The fourth-order valence-corrected chi connectivity index (χ4v) is 1.77. The van der Waals surface area contributed by atoms with Crippen LogP contribution in [0.15, 0.2) is 30.5 Å². The Balaban J connectivity index is 1.99. The van der Waals surface area contributed by atoms with Crippen molar-refractivity contribution in [1.82, 2.24) is 20.3 Å². The molecule has 1 unspecified atom stereocenters. The van der Waals surface area contributed by atoms with Gasteiger partial charge in [0.25, 0.3) is 5.91 Å². The molecule has 1 aromatic heterocycles. The molecule has 2 rings (SSSR count). The molecule has 1 amide bonds. The highest BCUT2D eigenvalue weighted by Gasteiger charge is 2.15. The van der Waals surface area contributed by atoms with Crippen LogP contribution in [-0.2, 0) is 11.8 Å². The number of hydrogen-bond donors (Lipinski definition) is 1. The van der Waals surface area contributed by atoms with Crippen molar-refractivity contribution in [1.29, 1.82) is 0 Å². The standard InChI is InChI=1S/C13H15FN4O2/c1-18-8-11(16-17-18)13(19)15-7-12(20-2)9-4-3-5-10(14)6-9/h3-6,8,12H,7H2,1-2H3,(H,15,19). The molecular weight excluding hydrogens is 263 g/mol. The molecule has 0 spiro atoms. The molecule has 6 nitrogen and oxygen atoms in total. The lowest BCUT2D eigenvalue weighted by Gasteiger charge is -2.16. The number of ether oxygens (including phenoxy) is 1. The highest BCUT2D eigenvalue weighted by Crippen LogP contribution is 2.16. The monoisotopic (exact) mass is 278 g/mol. The number of rotatable bonds is 5. The minimum absolute atomic E-state index is 0.218. The third kappa shape index (κ3) is 3.39. The fourth-order valence-electron chi connectivity index (χ4n) is 1.77. The van der Waals surface area contributed by atoms with Gasteiger partial charge in [0.15, 0.2) is 5.69 Å². The molecule has 2 aromatic rings. The van der Waals surface area contributed by atoms with Crippen molar-refractivity contribution in [3.8, 4) is 0 Å². The first-order chi connectivity index (χ1) is 9.60. The summed E-state index contributed by atoms with van der Waals surface area (Å²) in [7, 11) is 3.18. The number of hydrogen-bond acceptors (Lipinski definition) is 4. The normalized spacial score (nSPS) is 12.2. The molecule has 0 saturated carbocycles. The Bertz CT molecular complexity index is 600.